The van der Waals surface area contributed by atoms with Gasteiger partial charge in [-0.2, -0.15) is 0 Å². The normalized spacial score (nSPS) is 19.2. The molecular weight excluding hydrogens is 442 g/mol. The van der Waals surface area contributed by atoms with Gasteiger partial charge in [0.05, 0.1) is 11.0 Å². The van der Waals surface area contributed by atoms with E-state index in [4.69, 9.17) is 0 Å². The Morgan fingerprint density at radius 1 is 1.00 bits per heavy atom. The largest absolute Gasteiger partial charge is 0.370 e. The summed E-state index contributed by atoms with van der Waals surface area (Å²) >= 11 is 0. The molecule has 2 aliphatic rings. The SMILES string of the molecule is CN(Cc1cccc2c1n(C)c(=O)n2C1CCC(=O)NC1=O)c1ccc(CN2CCCCC2)cc1. The number of amides is 2. The number of hydrogen-bond donors (Lipinski definition) is 1. The number of carbonyl (C=O) groups excluding carboxylic acids is 2. The lowest BCUT2D eigenvalue weighted by atomic mass is 10.1. The van der Waals surface area contributed by atoms with E-state index in [2.05, 4.69) is 39.4 Å². The Bertz CT molecular complexity index is 1300. The predicted molar refractivity (Wildman–Crippen MR) is 136 cm³/mol. The number of fused-ring (bicyclic) bond motifs is 1. The Morgan fingerprint density at radius 2 is 1.74 bits per heavy atom. The highest BCUT2D eigenvalue weighted by Crippen LogP contribution is 2.27. The van der Waals surface area contributed by atoms with Crippen molar-refractivity contribution in [2.75, 3.05) is 25.0 Å². The third-order valence-electron chi connectivity index (χ3n) is 7.35. The third-order valence-corrected chi connectivity index (χ3v) is 7.35. The zero-order valence-corrected chi connectivity index (χ0v) is 20.5. The molecule has 1 unspecified atom stereocenters. The molecule has 2 aromatic carbocycles. The first-order valence-corrected chi connectivity index (χ1v) is 12.5. The van der Waals surface area contributed by atoms with Crippen molar-refractivity contribution in [1.82, 2.24) is 19.4 Å². The van der Waals surface area contributed by atoms with E-state index in [9.17, 15) is 14.4 Å². The molecule has 2 amide bonds. The van der Waals surface area contributed by atoms with Gasteiger partial charge in [0, 0.05) is 39.3 Å². The minimum Gasteiger partial charge on any atom is -0.370 e. The molecule has 0 radical (unpaired) electrons. The number of likely N-dealkylation sites (tertiary alicyclic amines) is 1. The number of rotatable bonds is 6. The standard InChI is InChI=1S/C27H33N5O3/c1-29(21-11-9-19(10-12-21)17-31-15-4-3-5-16-31)18-20-7-6-8-22-25(20)30(2)27(35)32(22)23-13-14-24(33)28-26(23)34/h6-12,23H,3-5,13-18H2,1-2H3,(H,28,33,34). The number of hydrogen-bond acceptors (Lipinski definition) is 5. The molecule has 3 aromatic rings. The minimum atomic E-state index is -0.677. The van der Waals surface area contributed by atoms with Gasteiger partial charge in [0.1, 0.15) is 6.04 Å². The number of anilines is 1. The molecule has 184 valence electrons. The van der Waals surface area contributed by atoms with Gasteiger partial charge in [-0.05, 0) is 61.7 Å². The highest BCUT2D eigenvalue weighted by Gasteiger charge is 2.31. The Balaban J connectivity index is 1.38. The number of nitrogens with zero attached hydrogens (tertiary/aromatic N) is 4. The van der Waals surface area contributed by atoms with Crippen LogP contribution >= 0.6 is 0 Å². The molecule has 2 fully saturated rings. The molecule has 8 heteroatoms. The summed E-state index contributed by atoms with van der Waals surface area (Å²) in [5, 5.41) is 2.37. The van der Waals surface area contributed by atoms with Crippen molar-refractivity contribution in [3.05, 3.63) is 64.1 Å². The fraction of sp³-hybridized carbons (Fsp3) is 0.444. The molecule has 2 aliphatic heterocycles. The number of imidazole rings is 1. The topological polar surface area (TPSA) is 79.6 Å². The van der Waals surface area contributed by atoms with E-state index in [0.29, 0.717) is 13.0 Å². The Hall–Kier alpha value is -3.39. The van der Waals surface area contributed by atoms with Crippen LogP contribution in [0.15, 0.2) is 47.3 Å². The molecule has 1 aromatic heterocycles. The molecule has 1 atom stereocenters. The maximum absolute atomic E-state index is 13.2. The van der Waals surface area contributed by atoms with Crippen molar-refractivity contribution in [2.24, 2.45) is 7.05 Å². The van der Waals surface area contributed by atoms with Crippen molar-refractivity contribution < 1.29 is 9.59 Å². The number of aromatic nitrogens is 2. The van der Waals surface area contributed by atoms with Gasteiger partial charge in [-0.3, -0.25) is 28.9 Å². The molecule has 0 spiro atoms. The lowest BCUT2D eigenvalue weighted by molar-refractivity contribution is -0.135. The van der Waals surface area contributed by atoms with Crippen LogP contribution in [-0.4, -0.2) is 46.0 Å². The van der Waals surface area contributed by atoms with Crippen molar-refractivity contribution in [3.63, 3.8) is 0 Å². The van der Waals surface area contributed by atoms with E-state index >= 15 is 0 Å². The van der Waals surface area contributed by atoms with Crippen LogP contribution in [0.4, 0.5) is 5.69 Å². The first-order chi connectivity index (χ1) is 16.9. The molecular formula is C27H33N5O3. The lowest BCUT2D eigenvalue weighted by Crippen LogP contribution is -2.44. The van der Waals surface area contributed by atoms with Gasteiger partial charge in [-0.1, -0.05) is 30.7 Å². The van der Waals surface area contributed by atoms with E-state index in [0.717, 1.165) is 28.8 Å². The van der Waals surface area contributed by atoms with Crippen molar-refractivity contribution in [1.29, 1.82) is 0 Å². The quantitative estimate of drug-likeness (QED) is 0.555. The monoisotopic (exact) mass is 475 g/mol. The van der Waals surface area contributed by atoms with Gasteiger partial charge in [-0.25, -0.2) is 4.79 Å². The number of piperidine rings is 2. The van der Waals surface area contributed by atoms with Crippen LogP contribution in [0.1, 0.15) is 49.3 Å². The highest BCUT2D eigenvalue weighted by molar-refractivity contribution is 6.00. The maximum Gasteiger partial charge on any atom is 0.329 e. The van der Waals surface area contributed by atoms with Gasteiger partial charge in [0.2, 0.25) is 11.8 Å². The molecule has 8 nitrogen and oxygen atoms in total. The van der Waals surface area contributed by atoms with Crippen LogP contribution in [0.25, 0.3) is 11.0 Å². The van der Waals surface area contributed by atoms with Gasteiger partial charge in [-0.15, -0.1) is 0 Å². The summed E-state index contributed by atoms with van der Waals surface area (Å²) in [4.78, 5) is 42.0. The van der Waals surface area contributed by atoms with Gasteiger partial charge in [0.15, 0.2) is 0 Å². The lowest BCUT2D eigenvalue weighted by Gasteiger charge is -2.26. The average Bonchev–Trinajstić information content (AvgIpc) is 3.11. The van der Waals surface area contributed by atoms with E-state index < -0.39 is 11.9 Å². The van der Waals surface area contributed by atoms with E-state index in [-0.39, 0.29) is 18.0 Å². The van der Waals surface area contributed by atoms with E-state index in [1.807, 2.05) is 25.2 Å². The predicted octanol–water partition coefficient (Wildman–Crippen LogP) is 2.94. The molecule has 2 saturated heterocycles. The second-order valence-corrected chi connectivity index (χ2v) is 9.82. The van der Waals surface area contributed by atoms with Crippen LogP contribution in [0.5, 0.6) is 0 Å². The van der Waals surface area contributed by atoms with Crippen LogP contribution in [-0.2, 0) is 29.7 Å². The van der Waals surface area contributed by atoms with Crippen molar-refractivity contribution in [2.45, 2.75) is 51.2 Å². The summed E-state index contributed by atoms with van der Waals surface area (Å²) in [6, 6.07) is 13.9. The summed E-state index contributed by atoms with van der Waals surface area (Å²) in [5.41, 5.74) is 4.74. The molecule has 0 aliphatic carbocycles. The van der Waals surface area contributed by atoms with E-state index in [1.165, 1.54) is 42.5 Å². The fourth-order valence-corrected chi connectivity index (χ4v) is 5.46. The number of imide groups is 1. The highest BCUT2D eigenvalue weighted by atomic mass is 16.2. The second-order valence-electron chi connectivity index (χ2n) is 9.82. The summed E-state index contributed by atoms with van der Waals surface area (Å²) in [7, 11) is 3.79. The Labute approximate surface area is 205 Å². The first-order valence-electron chi connectivity index (χ1n) is 12.5. The Kier molecular flexibility index (Phi) is 6.47. The summed E-state index contributed by atoms with van der Waals surface area (Å²) < 4.78 is 3.15. The van der Waals surface area contributed by atoms with Gasteiger partial charge >= 0.3 is 5.69 Å². The number of carbonyl (C=O) groups is 2. The summed E-state index contributed by atoms with van der Waals surface area (Å²) in [5.74, 6) is -0.702. The fourth-order valence-electron chi connectivity index (χ4n) is 5.46. The van der Waals surface area contributed by atoms with Crippen molar-refractivity contribution in [3.8, 4) is 0 Å². The number of nitrogens with one attached hydrogen (secondary N) is 1. The molecule has 1 N–H and O–H groups in total. The number of para-hydroxylation sites is 1. The van der Waals surface area contributed by atoms with Gasteiger partial charge < -0.3 is 4.90 Å². The van der Waals surface area contributed by atoms with E-state index in [1.54, 1.807) is 11.6 Å². The molecule has 0 bridgehead atoms. The number of aryl methyl sites for hydroxylation is 1. The molecule has 0 saturated carbocycles. The van der Waals surface area contributed by atoms with Crippen LogP contribution < -0.4 is 15.9 Å². The zero-order chi connectivity index (χ0) is 24.5. The molecule has 5 rings (SSSR count). The number of benzene rings is 2. The first kappa shape index (κ1) is 23.4. The second kappa shape index (κ2) is 9.70. The molecule has 35 heavy (non-hydrogen) atoms. The summed E-state index contributed by atoms with van der Waals surface area (Å²) in [6.45, 7) is 3.99. The maximum atomic E-state index is 13.2. The summed E-state index contributed by atoms with van der Waals surface area (Å²) in [6.07, 6.45) is 4.49. The van der Waals surface area contributed by atoms with Crippen LogP contribution in [0.2, 0.25) is 0 Å². The van der Waals surface area contributed by atoms with Crippen LogP contribution in [0.3, 0.4) is 0 Å². The smallest absolute Gasteiger partial charge is 0.329 e. The average molecular weight is 476 g/mol. The van der Waals surface area contributed by atoms with Crippen LogP contribution in [0, 0.1) is 0 Å². The van der Waals surface area contributed by atoms with Gasteiger partial charge in [0.25, 0.3) is 0 Å². The van der Waals surface area contributed by atoms with Crippen molar-refractivity contribution >= 4 is 28.5 Å². The third kappa shape index (κ3) is 4.62. The zero-order valence-electron chi connectivity index (χ0n) is 20.5. The minimum absolute atomic E-state index is 0.232. The Morgan fingerprint density at radius 3 is 2.46 bits per heavy atom. The molecule has 3 heterocycles.